The van der Waals surface area contributed by atoms with E-state index >= 15 is 0 Å². The van der Waals surface area contributed by atoms with Gasteiger partial charge < -0.3 is 9.47 Å². The largest absolute Gasteiger partial charge is 0.462 e. The molecule has 3 rings (SSSR count). The Kier molecular flexibility index (Phi) is 6.20. The Hall–Kier alpha value is -1.59. The maximum absolute atomic E-state index is 12.7. The number of carbonyl (C=O) groups excluding carboxylic acids is 2. The molecule has 0 bridgehead atoms. The predicted octanol–water partition coefficient (Wildman–Crippen LogP) is 4.33. The van der Waals surface area contributed by atoms with Crippen LogP contribution in [0.3, 0.4) is 0 Å². The summed E-state index contributed by atoms with van der Waals surface area (Å²) in [5.74, 6) is -0.135. The smallest absolute Gasteiger partial charge is 0.323 e. The highest BCUT2D eigenvalue weighted by atomic mass is 32.2. The van der Waals surface area contributed by atoms with E-state index in [0.29, 0.717) is 19.3 Å². The Labute approximate surface area is 159 Å². The van der Waals surface area contributed by atoms with Gasteiger partial charge in [-0.3, -0.25) is 9.59 Å². The number of hydrogen-bond donors (Lipinski definition) is 0. The van der Waals surface area contributed by atoms with Crippen molar-refractivity contribution >= 4 is 23.5 Å². The Morgan fingerprint density at radius 3 is 2.69 bits per heavy atom. The molecular weight excluding hydrogens is 348 g/mol. The number of thioether (sulfide) groups is 1. The second-order valence-corrected chi connectivity index (χ2v) is 8.68. The van der Waals surface area contributed by atoms with Crippen LogP contribution in [0.2, 0.25) is 0 Å². The van der Waals surface area contributed by atoms with Gasteiger partial charge in [-0.1, -0.05) is 24.8 Å². The Morgan fingerprint density at radius 2 is 2.04 bits per heavy atom. The minimum atomic E-state index is -0.615. The third-order valence-electron chi connectivity index (χ3n) is 5.00. The van der Waals surface area contributed by atoms with E-state index in [1.807, 2.05) is 37.3 Å². The molecule has 0 unspecified atom stereocenters. The first-order chi connectivity index (χ1) is 12.5. The molecule has 26 heavy (non-hydrogen) atoms. The van der Waals surface area contributed by atoms with Crippen molar-refractivity contribution in [3.8, 4) is 0 Å². The minimum Gasteiger partial charge on any atom is -0.462 e. The SMILES string of the molecule is C=CC(=O)C[C@@H]1CCC[C@H](C[C@]2(Sc3ccccc3)C[C@H](C)OC2=O)O1. The molecule has 5 heteroatoms. The summed E-state index contributed by atoms with van der Waals surface area (Å²) in [5, 5.41) is 0. The third kappa shape index (κ3) is 4.57. The topological polar surface area (TPSA) is 52.6 Å². The highest BCUT2D eigenvalue weighted by Gasteiger charge is 2.50. The van der Waals surface area contributed by atoms with Crippen LogP contribution in [0.4, 0.5) is 0 Å². The van der Waals surface area contributed by atoms with Gasteiger partial charge in [0.15, 0.2) is 5.78 Å². The summed E-state index contributed by atoms with van der Waals surface area (Å²) >= 11 is 1.59. The van der Waals surface area contributed by atoms with Crippen molar-refractivity contribution < 1.29 is 19.1 Å². The number of hydrogen-bond acceptors (Lipinski definition) is 5. The van der Waals surface area contributed by atoms with Gasteiger partial charge in [-0.2, -0.15) is 0 Å². The lowest BCUT2D eigenvalue weighted by molar-refractivity contribution is -0.144. The molecule has 2 saturated heterocycles. The highest BCUT2D eigenvalue weighted by Crippen LogP contribution is 2.47. The van der Waals surface area contributed by atoms with Crippen molar-refractivity contribution in [2.75, 3.05) is 0 Å². The molecule has 2 aliphatic heterocycles. The molecule has 0 spiro atoms. The molecule has 0 aromatic heterocycles. The minimum absolute atomic E-state index is 0.0120. The first-order valence-corrected chi connectivity index (χ1v) is 10.1. The fraction of sp³-hybridized carbons (Fsp3) is 0.524. The van der Waals surface area contributed by atoms with E-state index < -0.39 is 4.75 Å². The van der Waals surface area contributed by atoms with Crippen LogP contribution in [0.15, 0.2) is 47.9 Å². The molecule has 1 aromatic rings. The molecule has 1 aromatic carbocycles. The zero-order chi connectivity index (χ0) is 18.6. The lowest BCUT2D eigenvalue weighted by Crippen LogP contribution is -2.39. The number of ether oxygens (including phenoxy) is 2. The van der Waals surface area contributed by atoms with E-state index in [-0.39, 0.29) is 30.1 Å². The quantitative estimate of drug-likeness (QED) is 0.525. The summed E-state index contributed by atoms with van der Waals surface area (Å²) < 4.78 is 11.1. The van der Waals surface area contributed by atoms with E-state index in [1.54, 1.807) is 11.8 Å². The number of rotatable bonds is 7. The molecule has 4 nitrogen and oxygen atoms in total. The molecule has 0 N–H and O–H groups in total. The van der Waals surface area contributed by atoms with E-state index in [0.717, 1.165) is 24.2 Å². The highest BCUT2D eigenvalue weighted by molar-refractivity contribution is 8.01. The standard InChI is InChI=1S/C21H26O4S/c1-3-16(22)12-17-8-7-9-18(25-17)14-21(13-15(2)24-20(21)23)26-19-10-5-4-6-11-19/h3-6,10-11,15,17-18H,1,7-9,12-14H2,2H3/t15-,17-,18+,21+/m0/s1. The second-order valence-electron chi connectivity index (χ2n) is 7.22. The van der Waals surface area contributed by atoms with Gasteiger partial charge in [0.05, 0.1) is 12.2 Å². The summed E-state index contributed by atoms with van der Waals surface area (Å²) in [4.78, 5) is 25.4. The van der Waals surface area contributed by atoms with Crippen molar-refractivity contribution in [2.45, 2.75) is 73.4 Å². The third-order valence-corrected chi connectivity index (χ3v) is 6.40. The van der Waals surface area contributed by atoms with Crippen molar-refractivity contribution in [1.82, 2.24) is 0 Å². The van der Waals surface area contributed by atoms with Gasteiger partial charge >= 0.3 is 5.97 Å². The molecule has 0 amide bonds. The zero-order valence-electron chi connectivity index (χ0n) is 15.2. The average Bonchev–Trinajstić information content (AvgIpc) is 2.89. The van der Waals surface area contributed by atoms with Gasteiger partial charge in [-0.05, 0) is 50.8 Å². The van der Waals surface area contributed by atoms with Crippen LogP contribution in [0, 0.1) is 0 Å². The number of cyclic esters (lactones) is 1. The lowest BCUT2D eigenvalue weighted by Gasteiger charge is -2.34. The van der Waals surface area contributed by atoms with Crippen LogP contribution in [0.1, 0.15) is 45.4 Å². The summed E-state index contributed by atoms with van der Waals surface area (Å²) in [7, 11) is 0. The monoisotopic (exact) mass is 374 g/mol. The lowest BCUT2D eigenvalue weighted by atomic mass is 9.91. The number of carbonyl (C=O) groups is 2. The molecule has 4 atom stereocenters. The fourth-order valence-electron chi connectivity index (χ4n) is 3.84. The van der Waals surface area contributed by atoms with Crippen LogP contribution in [0.25, 0.3) is 0 Å². The number of allylic oxidation sites excluding steroid dienone is 1. The van der Waals surface area contributed by atoms with Gasteiger partial charge in [-0.15, -0.1) is 11.8 Å². The summed E-state index contributed by atoms with van der Waals surface area (Å²) in [6.07, 6.45) is 5.66. The predicted molar refractivity (Wildman–Crippen MR) is 102 cm³/mol. The maximum atomic E-state index is 12.7. The number of esters is 1. The molecule has 2 aliphatic rings. The summed E-state index contributed by atoms with van der Waals surface area (Å²) in [5.41, 5.74) is 0. The average molecular weight is 375 g/mol. The van der Waals surface area contributed by atoms with Gasteiger partial charge in [0.1, 0.15) is 10.9 Å². The van der Waals surface area contributed by atoms with Crippen LogP contribution >= 0.6 is 11.8 Å². The molecule has 0 aliphatic carbocycles. The molecule has 2 heterocycles. The van der Waals surface area contributed by atoms with Crippen molar-refractivity contribution in [3.63, 3.8) is 0 Å². The van der Waals surface area contributed by atoms with Crippen LogP contribution in [-0.4, -0.2) is 34.8 Å². The maximum Gasteiger partial charge on any atom is 0.323 e. The van der Waals surface area contributed by atoms with E-state index in [4.69, 9.17) is 9.47 Å². The van der Waals surface area contributed by atoms with Gasteiger partial charge in [0.2, 0.25) is 0 Å². The Balaban J connectivity index is 1.72. The Bertz CT molecular complexity index is 659. The fourth-order valence-corrected chi connectivity index (χ4v) is 5.31. The van der Waals surface area contributed by atoms with E-state index in [1.165, 1.54) is 6.08 Å². The second kappa shape index (κ2) is 8.40. The van der Waals surface area contributed by atoms with Crippen LogP contribution in [0.5, 0.6) is 0 Å². The molecule has 0 radical (unpaired) electrons. The van der Waals surface area contributed by atoms with Crippen molar-refractivity contribution in [1.29, 1.82) is 0 Å². The first-order valence-electron chi connectivity index (χ1n) is 9.26. The molecular formula is C21H26O4S. The Morgan fingerprint density at radius 1 is 1.31 bits per heavy atom. The van der Waals surface area contributed by atoms with Crippen LogP contribution < -0.4 is 0 Å². The molecule has 140 valence electrons. The van der Waals surface area contributed by atoms with Crippen LogP contribution in [-0.2, 0) is 19.1 Å². The van der Waals surface area contributed by atoms with Gasteiger partial charge in [0.25, 0.3) is 0 Å². The normalized spacial score (nSPS) is 31.4. The summed E-state index contributed by atoms with van der Waals surface area (Å²) in [6.45, 7) is 5.48. The molecule has 0 saturated carbocycles. The van der Waals surface area contributed by atoms with Crippen molar-refractivity contribution in [2.24, 2.45) is 0 Å². The number of ketones is 1. The first kappa shape index (κ1) is 19.2. The van der Waals surface area contributed by atoms with E-state index in [9.17, 15) is 9.59 Å². The zero-order valence-corrected chi connectivity index (χ0v) is 16.0. The van der Waals surface area contributed by atoms with Gasteiger partial charge in [-0.25, -0.2) is 0 Å². The van der Waals surface area contributed by atoms with E-state index in [2.05, 4.69) is 6.58 Å². The summed E-state index contributed by atoms with van der Waals surface area (Å²) in [6, 6.07) is 9.98. The van der Waals surface area contributed by atoms with Crippen molar-refractivity contribution in [3.05, 3.63) is 43.0 Å². The van der Waals surface area contributed by atoms with Gasteiger partial charge in [0, 0.05) is 17.7 Å². The molecule has 2 fully saturated rings. The number of benzene rings is 1.